The molecule has 0 aromatic heterocycles. The lowest BCUT2D eigenvalue weighted by Gasteiger charge is -2.12. The molecule has 2 nitrogen and oxygen atoms in total. The maximum atomic E-state index is 9.30. The summed E-state index contributed by atoms with van der Waals surface area (Å²) in [5, 5.41) is 9.30. The predicted molar refractivity (Wildman–Crippen MR) is 57.1 cm³/mol. The first-order valence-corrected chi connectivity index (χ1v) is 5.10. The molecule has 1 aliphatic carbocycles. The van der Waals surface area contributed by atoms with Gasteiger partial charge in [0, 0.05) is 12.0 Å². The largest absolute Gasteiger partial charge is 0.396 e. The lowest BCUT2D eigenvalue weighted by Crippen LogP contribution is -2.21. The number of aryl methyl sites for hydroxylation is 1. The Morgan fingerprint density at radius 3 is 2.71 bits per heavy atom. The van der Waals surface area contributed by atoms with E-state index in [-0.39, 0.29) is 12.0 Å². The van der Waals surface area contributed by atoms with Gasteiger partial charge in [0.15, 0.2) is 0 Å². The van der Waals surface area contributed by atoms with Gasteiger partial charge < -0.3 is 10.8 Å². The van der Waals surface area contributed by atoms with Gasteiger partial charge in [-0.3, -0.25) is 0 Å². The van der Waals surface area contributed by atoms with E-state index in [1.165, 1.54) is 11.1 Å². The third-order valence-corrected chi connectivity index (χ3v) is 3.48. The van der Waals surface area contributed by atoms with Crippen LogP contribution in [-0.2, 0) is 0 Å². The Bertz CT molecular complexity index is 331. The van der Waals surface area contributed by atoms with Crippen LogP contribution >= 0.6 is 0 Å². The van der Waals surface area contributed by atoms with Crippen LogP contribution in [-0.4, -0.2) is 18.3 Å². The Morgan fingerprint density at radius 2 is 2.21 bits per heavy atom. The van der Waals surface area contributed by atoms with Gasteiger partial charge >= 0.3 is 0 Å². The quantitative estimate of drug-likeness (QED) is 0.759. The molecule has 1 aromatic rings. The summed E-state index contributed by atoms with van der Waals surface area (Å²) in [6.45, 7) is 2.91. The highest BCUT2D eigenvalue weighted by atomic mass is 16.3. The van der Waals surface area contributed by atoms with Crippen LogP contribution < -0.4 is 5.73 Å². The zero-order chi connectivity index (χ0) is 10.2. The van der Waals surface area contributed by atoms with Crippen molar-refractivity contribution in [1.82, 2.24) is 0 Å². The summed E-state index contributed by atoms with van der Waals surface area (Å²) >= 11 is 0. The van der Waals surface area contributed by atoms with Crippen molar-refractivity contribution in [2.24, 2.45) is 11.1 Å². The van der Waals surface area contributed by atoms with Gasteiger partial charge in [-0.05, 0) is 30.4 Å². The second-order valence-electron chi connectivity index (χ2n) is 4.34. The van der Waals surface area contributed by atoms with E-state index in [9.17, 15) is 5.11 Å². The Kier molecular flexibility index (Phi) is 2.33. The van der Waals surface area contributed by atoms with E-state index in [0.29, 0.717) is 12.5 Å². The van der Waals surface area contributed by atoms with Gasteiger partial charge in [-0.25, -0.2) is 0 Å². The number of benzene rings is 1. The fourth-order valence-electron chi connectivity index (χ4n) is 2.23. The first-order chi connectivity index (χ1) is 6.73. The molecule has 14 heavy (non-hydrogen) atoms. The molecule has 0 bridgehead atoms. The minimum absolute atomic E-state index is 0.0217. The normalized spacial score (nSPS) is 30.4. The van der Waals surface area contributed by atoms with Gasteiger partial charge in [-0.15, -0.1) is 0 Å². The average molecular weight is 191 g/mol. The number of hydrogen-bond donors (Lipinski definition) is 2. The van der Waals surface area contributed by atoms with Gasteiger partial charge in [0.25, 0.3) is 0 Å². The molecule has 3 N–H and O–H groups in total. The van der Waals surface area contributed by atoms with Crippen molar-refractivity contribution in [3.63, 3.8) is 0 Å². The summed E-state index contributed by atoms with van der Waals surface area (Å²) < 4.78 is 0. The van der Waals surface area contributed by atoms with Crippen LogP contribution in [0.5, 0.6) is 0 Å². The summed E-state index contributed by atoms with van der Waals surface area (Å²) in [6.07, 6.45) is 1.03. The average Bonchev–Trinajstić information content (AvgIpc) is 2.94. The molecule has 0 saturated heterocycles. The summed E-state index contributed by atoms with van der Waals surface area (Å²) in [5.74, 6) is 0.471. The van der Waals surface area contributed by atoms with E-state index in [0.717, 1.165) is 6.42 Å². The maximum absolute atomic E-state index is 9.30. The summed E-state index contributed by atoms with van der Waals surface area (Å²) in [7, 11) is 0. The number of aliphatic hydroxyl groups excluding tert-OH is 1. The predicted octanol–water partition coefficient (Wildman–Crippen LogP) is 1.42. The second-order valence-corrected chi connectivity index (χ2v) is 4.34. The van der Waals surface area contributed by atoms with Crippen LogP contribution in [0.1, 0.15) is 23.5 Å². The van der Waals surface area contributed by atoms with Crippen LogP contribution in [0.4, 0.5) is 0 Å². The molecule has 0 spiro atoms. The fraction of sp³-hybridized carbons (Fsp3) is 0.500. The Morgan fingerprint density at radius 1 is 1.50 bits per heavy atom. The lowest BCUT2D eigenvalue weighted by molar-refractivity contribution is 0.211. The van der Waals surface area contributed by atoms with Crippen molar-refractivity contribution in [2.45, 2.75) is 19.3 Å². The number of nitrogens with two attached hydrogens (primary N) is 1. The van der Waals surface area contributed by atoms with E-state index in [2.05, 4.69) is 25.1 Å². The number of aliphatic hydroxyl groups is 1. The third kappa shape index (κ3) is 1.35. The van der Waals surface area contributed by atoms with E-state index in [1.54, 1.807) is 0 Å². The monoisotopic (exact) mass is 191 g/mol. The Balaban J connectivity index is 2.24. The van der Waals surface area contributed by atoms with Crippen molar-refractivity contribution in [2.75, 3.05) is 13.2 Å². The molecular weight excluding hydrogens is 174 g/mol. The van der Waals surface area contributed by atoms with E-state index in [1.807, 2.05) is 6.07 Å². The van der Waals surface area contributed by atoms with Crippen molar-refractivity contribution in [3.05, 3.63) is 35.4 Å². The first kappa shape index (κ1) is 9.69. The molecule has 0 radical (unpaired) electrons. The molecular formula is C12H17NO. The van der Waals surface area contributed by atoms with Crippen LogP contribution in [0.2, 0.25) is 0 Å². The second kappa shape index (κ2) is 3.37. The highest BCUT2D eigenvalue weighted by Gasteiger charge is 2.53. The third-order valence-electron chi connectivity index (χ3n) is 3.48. The van der Waals surface area contributed by atoms with Gasteiger partial charge in [0.1, 0.15) is 0 Å². The number of rotatable bonds is 3. The molecule has 0 aliphatic heterocycles. The van der Waals surface area contributed by atoms with Crippen LogP contribution in [0.15, 0.2) is 24.3 Å². The SMILES string of the molecule is Cc1ccccc1[C@@H]1C[C@]1(CN)CO. The molecule has 1 aliphatic rings. The topological polar surface area (TPSA) is 46.2 Å². The zero-order valence-electron chi connectivity index (χ0n) is 8.53. The Labute approximate surface area is 84.7 Å². The van der Waals surface area contributed by atoms with Crippen molar-refractivity contribution in [1.29, 1.82) is 0 Å². The van der Waals surface area contributed by atoms with Crippen LogP contribution in [0.3, 0.4) is 0 Å². The molecule has 0 unspecified atom stereocenters. The van der Waals surface area contributed by atoms with Crippen LogP contribution in [0.25, 0.3) is 0 Å². The van der Waals surface area contributed by atoms with Crippen molar-refractivity contribution < 1.29 is 5.11 Å². The summed E-state index contributed by atoms with van der Waals surface area (Å²) in [6, 6.07) is 8.36. The molecule has 2 rings (SSSR count). The lowest BCUT2D eigenvalue weighted by atomic mass is 9.97. The van der Waals surface area contributed by atoms with Gasteiger partial charge in [-0.1, -0.05) is 24.3 Å². The van der Waals surface area contributed by atoms with Gasteiger partial charge in [-0.2, -0.15) is 0 Å². The van der Waals surface area contributed by atoms with E-state index >= 15 is 0 Å². The molecule has 76 valence electrons. The van der Waals surface area contributed by atoms with E-state index in [4.69, 9.17) is 5.73 Å². The standard InChI is InChI=1S/C12H17NO/c1-9-4-2-3-5-10(9)11-6-12(11,7-13)8-14/h2-5,11,14H,6-8,13H2,1H3/t11-,12-/m0/s1. The maximum Gasteiger partial charge on any atom is 0.0505 e. The smallest absolute Gasteiger partial charge is 0.0505 e. The molecule has 2 atom stereocenters. The van der Waals surface area contributed by atoms with Crippen LogP contribution in [0, 0.1) is 12.3 Å². The van der Waals surface area contributed by atoms with Gasteiger partial charge in [0.2, 0.25) is 0 Å². The molecule has 1 fully saturated rings. The fourth-order valence-corrected chi connectivity index (χ4v) is 2.23. The summed E-state index contributed by atoms with van der Waals surface area (Å²) in [4.78, 5) is 0. The molecule has 1 aromatic carbocycles. The molecule has 1 saturated carbocycles. The van der Waals surface area contributed by atoms with Crippen molar-refractivity contribution >= 4 is 0 Å². The molecule has 0 heterocycles. The molecule has 2 heteroatoms. The molecule has 0 amide bonds. The van der Waals surface area contributed by atoms with E-state index < -0.39 is 0 Å². The highest BCUT2D eigenvalue weighted by Crippen LogP contribution is 2.58. The van der Waals surface area contributed by atoms with Crippen molar-refractivity contribution in [3.8, 4) is 0 Å². The minimum atomic E-state index is -0.0217. The summed E-state index contributed by atoms with van der Waals surface area (Å²) in [5.41, 5.74) is 8.34. The van der Waals surface area contributed by atoms with Gasteiger partial charge in [0.05, 0.1) is 6.61 Å². The Hall–Kier alpha value is -0.860. The highest BCUT2D eigenvalue weighted by molar-refractivity contribution is 5.36. The zero-order valence-corrected chi connectivity index (χ0v) is 8.53. The first-order valence-electron chi connectivity index (χ1n) is 5.10. The number of hydrogen-bond acceptors (Lipinski definition) is 2. The minimum Gasteiger partial charge on any atom is -0.396 e.